The molecule has 0 radical (unpaired) electrons. The van der Waals surface area contributed by atoms with E-state index in [0.717, 1.165) is 19.2 Å². The zero-order valence-corrected chi connectivity index (χ0v) is 21.3. The van der Waals surface area contributed by atoms with Gasteiger partial charge >= 0.3 is 11.9 Å². The Balaban J connectivity index is 0.000000420. The summed E-state index contributed by atoms with van der Waals surface area (Å²) in [5.74, 6) is -1.39. The lowest BCUT2D eigenvalue weighted by molar-refractivity contribution is -0.385. The number of carboxylic acids is 1. The molecule has 0 bridgehead atoms. The number of carboxylic acid groups (broad SMARTS) is 1. The van der Waals surface area contributed by atoms with Crippen molar-refractivity contribution in [3.05, 3.63) is 74.3 Å². The lowest BCUT2D eigenvalue weighted by Crippen LogP contribution is -2.35. The molecule has 0 aromatic heterocycles. The molecular formula is C24H28Cl2N2O8. The molecule has 2 aromatic rings. The summed E-state index contributed by atoms with van der Waals surface area (Å²) in [4.78, 5) is 34.1. The molecule has 0 amide bonds. The number of carbonyl (C=O) groups is 2. The lowest BCUT2D eigenvalue weighted by Gasteiger charge is -2.21. The number of halogens is 2. The SMILES string of the molecule is CCN(CC)CC(O)COC(=O)/C=C/c1ccccc1[N+](=O)[O-].O=C(O)COc1ccc(Cl)cc1Cl. The van der Waals surface area contributed by atoms with E-state index in [1.165, 1.54) is 30.3 Å². The van der Waals surface area contributed by atoms with E-state index in [4.69, 9.17) is 37.8 Å². The number of nitro benzene ring substituents is 1. The van der Waals surface area contributed by atoms with Crippen LogP contribution < -0.4 is 4.74 Å². The number of hydrogen-bond donors (Lipinski definition) is 2. The molecule has 0 heterocycles. The van der Waals surface area contributed by atoms with E-state index in [1.807, 2.05) is 18.7 Å². The molecule has 0 saturated carbocycles. The van der Waals surface area contributed by atoms with Crippen LogP contribution in [0.25, 0.3) is 6.08 Å². The first-order valence-electron chi connectivity index (χ1n) is 10.9. The Kier molecular flexibility index (Phi) is 14.1. The average Bonchev–Trinajstić information content (AvgIpc) is 2.84. The quantitative estimate of drug-likeness (QED) is 0.173. The Hall–Kier alpha value is -3.18. The van der Waals surface area contributed by atoms with Crippen molar-refractivity contribution in [3.8, 4) is 5.75 Å². The molecule has 10 nitrogen and oxygen atoms in total. The van der Waals surface area contributed by atoms with Gasteiger partial charge in [-0.3, -0.25) is 10.1 Å². The Morgan fingerprint density at radius 3 is 2.42 bits per heavy atom. The molecule has 0 fully saturated rings. The highest BCUT2D eigenvalue weighted by atomic mass is 35.5. The summed E-state index contributed by atoms with van der Waals surface area (Å²) in [5, 5.41) is 29.8. The maximum absolute atomic E-state index is 11.6. The second-order valence-electron chi connectivity index (χ2n) is 7.18. The fraction of sp³-hybridized carbons (Fsp3) is 0.333. The number of likely N-dealkylation sites (N-methyl/N-ethyl adjacent to an activating group) is 1. The number of aliphatic hydroxyl groups is 1. The molecule has 12 heteroatoms. The molecule has 196 valence electrons. The summed E-state index contributed by atoms with van der Waals surface area (Å²) in [6.45, 7) is 5.47. The van der Waals surface area contributed by atoms with Crippen molar-refractivity contribution in [2.24, 2.45) is 0 Å². The molecule has 0 aliphatic carbocycles. The molecule has 0 aliphatic rings. The molecular weight excluding hydrogens is 515 g/mol. The number of ether oxygens (including phenoxy) is 2. The first-order valence-corrected chi connectivity index (χ1v) is 11.6. The summed E-state index contributed by atoms with van der Waals surface area (Å²) in [6, 6.07) is 10.7. The van der Waals surface area contributed by atoms with Crippen molar-refractivity contribution < 1.29 is 34.2 Å². The highest BCUT2D eigenvalue weighted by molar-refractivity contribution is 6.35. The van der Waals surface area contributed by atoms with Crippen LogP contribution in [0, 0.1) is 10.1 Å². The van der Waals surface area contributed by atoms with Crippen LogP contribution in [0.4, 0.5) is 5.69 Å². The third-order valence-corrected chi connectivity index (χ3v) is 5.09. The summed E-state index contributed by atoms with van der Waals surface area (Å²) in [5.41, 5.74) is 0.233. The van der Waals surface area contributed by atoms with Crippen LogP contribution in [-0.2, 0) is 14.3 Å². The van der Waals surface area contributed by atoms with E-state index >= 15 is 0 Å². The highest BCUT2D eigenvalue weighted by Crippen LogP contribution is 2.27. The predicted molar refractivity (Wildman–Crippen MR) is 136 cm³/mol. The number of nitrogens with zero attached hydrogens (tertiary/aromatic N) is 2. The monoisotopic (exact) mass is 542 g/mol. The number of carbonyl (C=O) groups excluding carboxylic acids is 1. The molecule has 1 atom stereocenters. The van der Waals surface area contributed by atoms with Crippen molar-refractivity contribution in [2.75, 3.05) is 32.8 Å². The minimum Gasteiger partial charge on any atom is -0.480 e. The van der Waals surface area contributed by atoms with Crippen LogP contribution in [0.2, 0.25) is 10.0 Å². The minimum absolute atomic E-state index is 0.0851. The van der Waals surface area contributed by atoms with Crippen LogP contribution >= 0.6 is 23.2 Å². The maximum Gasteiger partial charge on any atom is 0.341 e. The van der Waals surface area contributed by atoms with Crippen LogP contribution in [0.1, 0.15) is 19.4 Å². The van der Waals surface area contributed by atoms with E-state index in [0.29, 0.717) is 27.9 Å². The topological polar surface area (TPSA) is 139 Å². The fourth-order valence-corrected chi connectivity index (χ4v) is 3.21. The number of esters is 1. The third-order valence-electron chi connectivity index (χ3n) is 4.56. The van der Waals surface area contributed by atoms with Crippen molar-refractivity contribution in [2.45, 2.75) is 20.0 Å². The molecule has 36 heavy (non-hydrogen) atoms. The molecule has 2 aromatic carbocycles. The second-order valence-corrected chi connectivity index (χ2v) is 8.02. The summed E-state index contributed by atoms with van der Waals surface area (Å²) in [6.07, 6.45) is 1.68. The van der Waals surface area contributed by atoms with Gasteiger partial charge in [0, 0.05) is 23.7 Å². The number of benzene rings is 2. The normalized spacial score (nSPS) is 11.5. The Bertz CT molecular complexity index is 1040. The number of hydrogen-bond acceptors (Lipinski definition) is 8. The van der Waals surface area contributed by atoms with Crippen molar-refractivity contribution in [1.29, 1.82) is 0 Å². The Morgan fingerprint density at radius 2 is 1.83 bits per heavy atom. The average molecular weight is 543 g/mol. The first-order chi connectivity index (χ1) is 17.1. The summed E-state index contributed by atoms with van der Waals surface area (Å²) >= 11 is 11.3. The van der Waals surface area contributed by atoms with Gasteiger partial charge in [-0.1, -0.05) is 49.2 Å². The van der Waals surface area contributed by atoms with Gasteiger partial charge in [-0.15, -0.1) is 0 Å². The van der Waals surface area contributed by atoms with Gasteiger partial charge in [-0.2, -0.15) is 0 Å². The van der Waals surface area contributed by atoms with Crippen LogP contribution in [0.15, 0.2) is 48.5 Å². The zero-order valence-electron chi connectivity index (χ0n) is 19.8. The van der Waals surface area contributed by atoms with Gasteiger partial charge in [0.2, 0.25) is 0 Å². The highest BCUT2D eigenvalue weighted by Gasteiger charge is 2.12. The van der Waals surface area contributed by atoms with Gasteiger partial charge in [-0.05, 0) is 43.4 Å². The maximum atomic E-state index is 11.6. The number of aliphatic hydroxyl groups excluding tert-OH is 1. The van der Waals surface area contributed by atoms with Gasteiger partial charge in [0.15, 0.2) is 6.61 Å². The van der Waals surface area contributed by atoms with Gasteiger partial charge in [0.05, 0.1) is 15.5 Å². The van der Waals surface area contributed by atoms with E-state index in [-0.39, 0.29) is 12.3 Å². The summed E-state index contributed by atoms with van der Waals surface area (Å²) < 4.78 is 9.81. The lowest BCUT2D eigenvalue weighted by atomic mass is 10.1. The van der Waals surface area contributed by atoms with Crippen molar-refractivity contribution >= 4 is 46.9 Å². The van der Waals surface area contributed by atoms with Crippen LogP contribution in [0.5, 0.6) is 5.75 Å². The van der Waals surface area contributed by atoms with Gasteiger partial charge in [0.1, 0.15) is 18.5 Å². The van der Waals surface area contributed by atoms with Crippen molar-refractivity contribution in [3.63, 3.8) is 0 Å². The molecule has 0 saturated heterocycles. The molecule has 0 aliphatic heterocycles. The smallest absolute Gasteiger partial charge is 0.341 e. The van der Waals surface area contributed by atoms with E-state index in [9.17, 15) is 24.8 Å². The number of nitro groups is 1. The largest absolute Gasteiger partial charge is 0.480 e. The summed E-state index contributed by atoms with van der Waals surface area (Å²) in [7, 11) is 0. The first kappa shape index (κ1) is 30.9. The molecule has 0 spiro atoms. The molecule has 2 N–H and O–H groups in total. The van der Waals surface area contributed by atoms with Gasteiger partial charge in [0.25, 0.3) is 5.69 Å². The van der Waals surface area contributed by atoms with Gasteiger partial charge < -0.3 is 24.6 Å². The minimum atomic E-state index is -1.05. The van der Waals surface area contributed by atoms with E-state index < -0.39 is 29.6 Å². The van der Waals surface area contributed by atoms with Crippen LogP contribution in [-0.4, -0.2) is 70.9 Å². The van der Waals surface area contributed by atoms with E-state index in [2.05, 4.69) is 0 Å². The Labute approximate surface area is 218 Å². The molecule has 2 rings (SSSR count). The van der Waals surface area contributed by atoms with Crippen LogP contribution in [0.3, 0.4) is 0 Å². The number of aliphatic carboxylic acids is 1. The fourth-order valence-electron chi connectivity index (χ4n) is 2.74. The van der Waals surface area contributed by atoms with Crippen molar-refractivity contribution in [1.82, 2.24) is 4.90 Å². The Morgan fingerprint density at radius 1 is 1.17 bits per heavy atom. The second kappa shape index (κ2) is 16.5. The van der Waals surface area contributed by atoms with Gasteiger partial charge in [-0.25, -0.2) is 9.59 Å². The third kappa shape index (κ3) is 12.0. The zero-order chi connectivity index (χ0) is 27.1. The van der Waals surface area contributed by atoms with E-state index in [1.54, 1.807) is 18.2 Å². The standard InChI is InChI=1S/C16H22N2O5.C8H6Cl2O3/c1-3-17(4-2)11-14(19)12-23-16(20)10-9-13-7-5-6-8-15(13)18(21)22;9-5-1-2-7(6(10)3-5)13-4-8(11)12/h5-10,14,19H,3-4,11-12H2,1-2H3;1-3H,4H2,(H,11,12)/b10-9+;. The number of para-hydroxylation sites is 1. The molecule has 1 unspecified atom stereocenters. The number of rotatable bonds is 12. The predicted octanol–water partition coefficient (Wildman–Crippen LogP) is 4.31.